The van der Waals surface area contributed by atoms with E-state index < -0.39 is 33.5 Å². The first-order chi connectivity index (χ1) is 6.68. The monoisotopic (exact) mass is 254 g/mol. The van der Waals surface area contributed by atoms with Crippen molar-refractivity contribution >= 4 is 33.0 Å². The van der Waals surface area contributed by atoms with E-state index in [-0.39, 0.29) is 0 Å². The molecule has 2 unspecified atom stereocenters. The Morgan fingerprint density at radius 3 is 2.00 bits per heavy atom. The molecular formula is C7H11ClN2O4S. The highest BCUT2D eigenvalue weighted by molar-refractivity contribution is 7.88. The predicted molar refractivity (Wildman–Crippen MR) is 54.1 cm³/mol. The van der Waals surface area contributed by atoms with Crippen LogP contribution in [0, 0.1) is 0 Å². The Balaban J connectivity index is 3.17. The highest BCUT2D eigenvalue weighted by atomic mass is 35.5. The van der Waals surface area contributed by atoms with E-state index in [0.717, 1.165) is 11.2 Å². The predicted octanol–water partition coefficient (Wildman–Crippen LogP) is 0.819. The van der Waals surface area contributed by atoms with E-state index in [1.165, 1.54) is 0 Å². The molecule has 0 bridgehead atoms. The second kappa shape index (κ2) is 3.64. The van der Waals surface area contributed by atoms with E-state index in [0.29, 0.717) is 4.31 Å². The number of sulfonamides is 1. The van der Waals surface area contributed by atoms with Crippen LogP contribution in [-0.4, -0.2) is 47.4 Å². The number of halogens is 1. The molecule has 8 heteroatoms. The Bertz CT molecular complexity index is 407. The quantitative estimate of drug-likeness (QED) is 0.513. The SMILES string of the molecule is CC1C(C)N(S(C)(=O)=O)C(=O)N1C(=O)Cl. The zero-order valence-corrected chi connectivity index (χ0v) is 10.0. The standard InChI is InChI=1S/C7H11ClN2O4S/c1-4-5(2)10(15(3,13)14)7(12)9(4)6(8)11/h4-5H,1-3H3. The molecule has 0 aromatic rings. The van der Waals surface area contributed by atoms with E-state index in [9.17, 15) is 18.0 Å². The fourth-order valence-electron chi connectivity index (χ4n) is 1.55. The molecule has 1 rings (SSSR count). The third-order valence-electron chi connectivity index (χ3n) is 2.42. The number of carbonyl (C=O) groups is 2. The van der Waals surface area contributed by atoms with E-state index in [1.54, 1.807) is 13.8 Å². The summed E-state index contributed by atoms with van der Waals surface area (Å²) in [6.07, 6.45) is 0.913. The molecule has 0 spiro atoms. The maximum absolute atomic E-state index is 11.6. The lowest BCUT2D eigenvalue weighted by Crippen LogP contribution is -2.38. The van der Waals surface area contributed by atoms with Crippen molar-refractivity contribution in [1.29, 1.82) is 0 Å². The van der Waals surface area contributed by atoms with Gasteiger partial charge >= 0.3 is 11.4 Å². The molecule has 0 aliphatic carbocycles. The third kappa shape index (κ3) is 1.93. The fourth-order valence-corrected chi connectivity index (χ4v) is 2.92. The average Bonchev–Trinajstić information content (AvgIpc) is 2.21. The molecule has 2 atom stereocenters. The molecular weight excluding hydrogens is 244 g/mol. The Hall–Kier alpha value is -0.820. The van der Waals surface area contributed by atoms with E-state index in [4.69, 9.17) is 11.6 Å². The van der Waals surface area contributed by atoms with Gasteiger partial charge in [0.25, 0.3) is 0 Å². The number of hydrogen-bond donors (Lipinski definition) is 0. The van der Waals surface area contributed by atoms with Gasteiger partial charge in [-0.3, -0.25) is 4.79 Å². The molecule has 1 fully saturated rings. The van der Waals surface area contributed by atoms with Gasteiger partial charge in [0.2, 0.25) is 10.0 Å². The Kier molecular flexibility index (Phi) is 2.97. The summed E-state index contributed by atoms with van der Waals surface area (Å²) in [6, 6.07) is -2.05. The van der Waals surface area contributed by atoms with Gasteiger partial charge in [0, 0.05) is 0 Å². The van der Waals surface area contributed by atoms with Crippen molar-refractivity contribution in [2.45, 2.75) is 25.9 Å². The lowest BCUT2D eigenvalue weighted by Gasteiger charge is -2.18. The molecule has 6 nitrogen and oxygen atoms in total. The first-order valence-electron chi connectivity index (χ1n) is 4.20. The molecule has 0 N–H and O–H groups in total. The van der Waals surface area contributed by atoms with Gasteiger partial charge in [-0.1, -0.05) is 0 Å². The summed E-state index contributed by atoms with van der Waals surface area (Å²) in [5.74, 6) is 0. The minimum atomic E-state index is -3.67. The average molecular weight is 255 g/mol. The number of hydrogen-bond acceptors (Lipinski definition) is 4. The van der Waals surface area contributed by atoms with Crippen LogP contribution in [0.4, 0.5) is 9.59 Å². The molecule has 0 aromatic carbocycles. The van der Waals surface area contributed by atoms with Crippen molar-refractivity contribution in [2.24, 2.45) is 0 Å². The summed E-state index contributed by atoms with van der Waals surface area (Å²) in [6.45, 7) is 3.11. The number of nitrogens with zero attached hydrogens (tertiary/aromatic N) is 2. The fraction of sp³-hybridized carbons (Fsp3) is 0.714. The van der Waals surface area contributed by atoms with E-state index >= 15 is 0 Å². The summed E-state index contributed by atoms with van der Waals surface area (Å²) in [4.78, 5) is 23.2. The van der Waals surface area contributed by atoms with E-state index in [2.05, 4.69) is 0 Å². The largest absolute Gasteiger partial charge is 0.341 e. The number of imide groups is 1. The minimum absolute atomic E-state index is 0.558. The Morgan fingerprint density at radius 1 is 1.33 bits per heavy atom. The van der Waals surface area contributed by atoms with Gasteiger partial charge in [-0.25, -0.2) is 22.4 Å². The maximum Gasteiger partial charge on any atom is 0.341 e. The van der Waals surface area contributed by atoms with E-state index in [1.807, 2.05) is 0 Å². The molecule has 1 aliphatic rings. The van der Waals surface area contributed by atoms with Crippen molar-refractivity contribution < 1.29 is 18.0 Å². The summed E-state index contributed by atoms with van der Waals surface area (Å²) in [7, 11) is -3.67. The van der Waals surface area contributed by atoms with Crippen LogP contribution >= 0.6 is 11.6 Å². The smallest absolute Gasteiger partial charge is 0.255 e. The normalized spacial score (nSPS) is 27.3. The lowest BCUT2D eigenvalue weighted by molar-refractivity contribution is 0.200. The van der Waals surface area contributed by atoms with Crippen LogP contribution < -0.4 is 0 Å². The Morgan fingerprint density at radius 2 is 1.80 bits per heavy atom. The number of carbonyl (C=O) groups excluding carboxylic acids is 2. The number of urea groups is 1. The number of rotatable bonds is 1. The first-order valence-corrected chi connectivity index (χ1v) is 6.42. The molecule has 1 saturated heterocycles. The second-order valence-electron chi connectivity index (χ2n) is 3.45. The summed E-state index contributed by atoms with van der Waals surface area (Å²) >= 11 is 5.20. The van der Waals surface area contributed by atoms with Crippen molar-refractivity contribution in [3.63, 3.8) is 0 Å². The maximum atomic E-state index is 11.6. The van der Waals surface area contributed by atoms with Gasteiger partial charge in [0.15, 0.2) is 0 Å². The zero-order chi connectivity index (χ0) is 12.0. The molecule has 86 valence electrons. The van der Waals surface area contributed by atoms with Gasteiger partial charge in [0.05, 0.1) is 18.3 Å². The number of amides is 3. The highest BCUT2D eigenvalue weighted by Gasteiger charge is 2.47. The van der Waals surface area contributed by atoms with Crippen LogP contribution in [0.3, 0.4) is 0 Å². The van der Waals surface area contributed by atoms with Gasteiger partial charge in [-0.2, -0.15) is 0 Å². The van der Waals surface area contributed by atoms with Crippen LogP contribution in [0.5, 0.6) is 0 Å². The molecule has 0 saturated carbocycles. The third-order valence-corrected chi connectivity index (χ3v) is 3.80. The van der Waals surface area contributed by atoms with Gasteiger partial charge in [-0.05, 0) is 25.4 Å². The summed E-state index contributed by atoms with van der Waals surface area (Å²) < 4.78 is 23.2. The van der Waals surface area contributed by atoms with Crippen molar-refractivity contribution in [1.82, 2.24) is 9.21 Å². The molecule has 1 heterocycles. The first kappa shape index (κ1) is 12.3. The minimum Gasteiger partial charge on any atom is -0.255 e. The topological polar surface area (TPSA) is 74.8 Å². The zero-order valence-electron chi connectivity index (χ0n) is 8.47. The highest BCUT2D eigenvalue weighted by Crippen LogP contribution is 2.26. The van der Waals surface area contributed by atoms with Crippen LogP contribution in [0.15, 0.2) is 0 Å². The van der Waals surface area contributed by atoms with Crippen molar-refractivity contribution in [3.05, 3.63) is 0 Å². The summed E-state index contributed by atoms with van der Waals surface area (Å²) in [5.41, 5.74) is 0. The van der Waals surface area contributed by atoms with Gasteiger partial charge < -0.3 is 0 Å². The van der Waals surface area contributed by atoms with Crippen molar-refractivity contribution in [3.8, 4) is 0 Å². The van der Waals surface area contributed by atoms with Crippen molar-refractivity contribution in [2.75, 3.05) is 6.26 Å². The lowest BCUT2D eigenvalue weighted by atomic mass is 10.2. The molecule has 15 heavy (non-hydrogen) atoms. The summed E-state index contributed by atoms with van der Waals surface area (Å²) in [5, 5.41) is -0.967. The molecule has 0 radical (unpaired) electrons. The second-order valence-corrected chi connectivity index (χ2v) is 5.63. The molecule has 3 amide bonds. The van der Waals surface area contributed by atoms with Gasteiger partial charge in [-0.15, -0.1) is 0 Å². The van der Waals surface area contributed by atoms with Crippen LogP contribution in [-0.2, 0) is 10.0 Å². The Labute approximate surface area is 92.8 Å². The van der Waals surface area contributed by atoms with Crippen LogP contribution in [0.1, 0.15) is 13.8 Å². The molecule has 1 aliphatic heterocycles. The molecule has 0 aromatic heterocycles. The van der Waals surface area contributed by atoms with Crippen LogP contribution in [0.25, 0.3) is 0 Å². The van der Waals surface area contributed by atoms with Gasteiger partial charge in [0.1, 0.15) is 0 Å². The van der Waals surface area contributed by atoms with Crippen LogP contribution in [0.2, 0.25) is 0 Å².